The monoisotopic (exact) mass is 160 g/mol. The highest BCUT2D eigenvalue weighted by Gasteiger charge is 2.06. The molecule has 66 valence electrons. The summed E-state index contributed by atoms with van der Waals surface area (Å²) in [6.45, 7) is 4.93. The fourth-order valence-electron chi connectivity index (χ4n) is 0.818. The highest BCUT2D eigenvalue weighted by atomic mass is 16.5. The Balaban J connectivity index is 3.37. The number of hydrogen-bond donors (Lipinski definition) is 1. The van der Waals surface area contributed by atoms with E-state index in [0.717, 1.165) is 6.42 Å². The molecule has 0 spiro atoms. The third kappa shape index (κ3) is 7.33. The van der Waals surface area contributed by atoms with Gasteiger partial charge in [-0.25, -0.2) is 0 Å². The van der Waals surface area contributed by atoms with Gasteiger partial charge in [-0.1, -0.05) is 0 Å². The fraction of sp³-hybridized carbons (Fsp3) is 0.875. The quantitative estimate of drug-likeness (QED) is 0.626. The molecule has 0 saturated carbocycles. The molecule has 0 aromatic heterocycles. The summed E-state index contributed by atoms with van der Waals surface area (Å²) in [5, 5.41) is 8.89. The van der Waals surface area contributed by atoms with Gasteiger partial charge in [-0.2, -0.15) is 0 Å². The number of carbonyl (C=O) groups excluding carboxylic acids is 1. The van der Waals surface area contributed by atoms with Crippen LogP contribution in [0.2, 0.25) is 0 Å². The first-order valence-electron chi connectivity index (χ1n) is 3.87. The topological polar surface area (TPSA) is 46.5 Å². The van der Waals surface area contributed by atoms with Crippen molar-refractivity contribution in [2.24, 2.45) is 0 Å². The van der Waals surface area contributed by atoms with Crippen LogP contribution in [-0.4, -0.2) is 23.3 Å². The molecule has 0 rings (SSSR count). The van der Waals surface area contributed by atoms with E-state index in [2.05, 4.69) is 0 Å². The Morgan fingerprint density at radius 1 is 1.45 bits per heavy atom. The minimum atomic E-state index is -0.312. The molecule has 0 fully saturated rings. The van der Waals surface area contributed by atoms with Crippen molar-refractivity contribution in [3.63, 3.8) is 0 Å². The molecule has 0 bridgehead atoms. The number of carbonyl (C=O) groups is 1. The third-order valence-electron chi connectivity index (χ3n) is 1.36. The number of aliphatic hydroxyl groups excluding tert-OH is 1. The highest BCUT2D eigenvalue weighted by Crippen LogP contribution is 2.04. The summed E-state index contributed by atoms with van der Waals surface area (Å²) in [4.78, 5) is 10.4. The van der Waals surface area contributed by atoms with Gasteiger partial charge in [-0.05, 0) is 26.7 Å². The maximum absolute atomic E-state index is 10.4. The summed E-state index contributed by atoms with van der Waals surface area (Å²) in [5.41, 5.74) is 0. The van der Waals surface area contributed by atoms with Crippen LogP contribution in [0.5, 0.6) is 0 Å². The normalized spacial score (nSPS) is 15.6. The molecule has 11 heavy (non-hydrogen) atoms. The largest absolute Gasteiger partial charge is 0.463 e. The lowest BCUT2D eigenvalue weighted by atomic mass is 10.1. The Morgan fingerprint density at radius 3 is 2.36 bits per heavy atom. The zero-order valence-corrected chi connectivity index (χ0v) is 7.33. The molecule has 0 saturated heterocycles. The second-order valence-corrected chi connectivity index (χ2v) is 2.85. The van der Waals surface area contributed by atoms with E-state index >= 15 is 0 Å². The summed E-state index contributed by atoms with van der Waals surface area (Å²) in [6, 6.07) is 0. The average molecular weight is 160 g/mol. The van der Waals surface area contributed by atoms with Gasteiger partial charge in [0, 0.05) is 6.92 Å². The molecule has 0 aliphatic heterocycles. The van der Waals surface area contributed by atoms with Crippen molar-refractivity contribution < 1.29 is 14.6 Å². The van der Waals surface area contributed by atoms with Crippen LogP contribution in [-0.2, 0) is 9.53 Å². The average Bonchev–Trinajstić information content (AvgIpc) is 1.82. The molecule has 0 aromatic rings. The molecule has 0 radical (unpaired) electrons. The second kappa shape index (κ2) is 5.13. The van der Waals surface area contributed by atoms with Crippen LogP contribution in [0.4, 0.5) is 0 Å². The smallest absolute Gasteiger partial charge is 0.302 e. The summed E-state index contributed by atoms with van der Waals surface area (Å²) >= 11 is 0. The number of esters is 1. The zero-order valence-electron chi connectivity index (χ0n) is 7.33. The van der Waals surface area contributed by atoms with Gasteiger partial charge in [0.1, 0.15) is 0 Å². The number of aliphatic hydroxyl groups is 1. The van der Waals surface area contributed by atoms with E-state index in [-0.39, 0.29) is 18.2 Å². The number of ether oxygens (including phenoxy) is 1. The van der Waals surface area contributed by atoms with Crippen LogP contribution in [0.15, 0.2) is 0 Å². The van der Waals surface area contributed by atoms with Crippen LogP contribution in [0.25, 0.3) is 0 Å². The van der Waals surface area contributed by atoms with Crippen molar-refractivity contribution in [3.8, 4) is 0 Å². The van der Waals surface area contributed by atoms with Crippen molar-refractivity contribution >= 4 is 5.97 Å². The van der Waals surface area contributed by atoms with Crippen molar-refractivity contribution in [3.05, 3.63) is 0 Å². The van der Waals surface area contributed by atoms with Gasteiger partial charge in [0.2, 0.25) is 0 Å². The molecular formula is C8H16O3. The molecule has 0 aliphatic rings. The lowest BCUT2D eigenvalue weighted by molar-refractivity contribution is -0.145. The van der Waals surface area contributed by atoms with E-state index in [1.54, 1.807) is 6.92 Å². The predicted octanol–water partition coefficient (Wildman–Crippen LogP) is 1.10. The lowest BCUT2D eigenvalue weighted by Gasteiger charge is -2.12. The van der Waals surface area contributed by atoms with E-state index in [4.69, 9.17) is 9.84 Å². The first-order chi connectivity index (χ1) is 5.02. The van der Waals surface area contributed by atoms with Crippen LogP contribution in [0.1, 0.15) is 33.6 Å². The van der Waals surface area contributed by atoms with Gasteiger partial charge in [-0.15, -0.1) is 0 Å². The molecule has 1 N–H and O–H groups in total. The summed E-state index contributed by atoms with van der Waals surface area (Å²) < 4.78 is 4.85. The standard InChI is InChI=1S/C8H16O3/c1-6(9)4-5-7(2)11-8(3)10/h6-7,9H,4-5H2,1-3H3/t6-,7-/m0/s1. The summed E-state index contributed by atoms with van der Waals surface area (Å²) in [6.07, 6.45) is 1.00. The fourth-order valence-corrected chi connectivity index (χ4v) is 0.818. The van der Waals surface area contributed by atoms with Gasteiger partial charge in [-0.3, -0.25) is 4.79 Å². The van der Waals surface area contributed by atoms with Gasteiger partial charge < -0.3 is 9.84 Å². The zero-order chi connectivity index (χ0) is 8.85. The van der Waals surface area contributed by atoms with Crippen LogP contribution in [0, 0.1) is 0 Å². The van der Waals surface area contributed by atoms with Crippen LogP contribution in [0.3, 0.4) is 0 Å². The Hall–Kier alpha value is -0.570. The minimum Gasteiger partial charge on any atom is -0.463 e. The third-order valence-corrected chi connectivity index (χ3v) is 1.36. The van der Waals surface area contributed by atoms with Crippen molar-refractivity contribution in [2.75, 3.05) is 0 Å². The van der Waals surface area contributed by atoms with E-state index in [1.165, 1.54) is 6.92 Å². The molecule has 0 amide bonds. The second-order valence-electron chi connectivity index (χ2n) is 2.85. The Morgan fingerprint density at radius 2 is 2.00 bits per heavy atom. The molecule has 0 heterocycles. The first-order valence-corrected chi connectivity index (χ1v) is 3.87. The number of hydrogen-bond acceptors (Lipinski definition) is 3. The Labute approximate surface area is 67.4 Å². The van der Waals surface area contributed by atoms with Crippen molar-refractivity contribution in [2.45, 2.75) is 45.8 Å². The first kappa shape index (κ1) is 10.4. The van der Waals surface area contributed by atoms with E-state index in [0.29, 0.717) is 6.42 Å². The van der Waals surface area contributed by atoms with Crippen LogP contribution < -0.4 is 0 Å². The minimum absolute atomic E-state index is 0.0814. The molecule has 3 heteroatoms. The van der Waals surface area contributed by atoms with E-state index in [9.17, 15) is 4.79 Å². The molecule has 0 unspecified atom stereocenters. The molecular weight excluding hydrogens is 144 g/mol. The predicted molar refractivity (Wildman–Crippen MR) is 42.1 cm³/mol. The molecule has 3 nitrogen and oxygen atoms in total. The highest BCUT2D eigenvalue weighted by molar-refractivity contribution is 5.66. The SMILES string of the molecule is CC(=O)O[C@@H](C)CC[C@H](C)O. The Bertz CT molecular complexity index is 121. The number of rotatable bonds is 4. The maximum Gasteiger partial charge on any atom is 0.302 e. The van der Waals surface area contributed by atoms with Gasteiger partial charge in [0.25, 0.3) is 0 Å². The van der Waals surface area contributed by atoms with E-state index < -0.39 is 0 Å². The maximum atomic E-state index is 10.4. The van der Waals surface area contributed by atoms with Gasteiger partial charge in [0.05, 0.1) is 12.2 Å². The lowest BCUT2D eigenvalue weighted by Crippen LogP contribution is -2.14. The van der Waals surface area contributed by atoms with E-state index in [1.807, 2.05) is 6.92 Å². The van der Waals surface area contributed by atoms with Gasteiger partial charge >= 0.3 is 5.97 Å². The summed E-state index contributed by atoms with van der Waals surface area (Å²) in [7, 11) is 0. The Kier molecular flexibility index (Phi) is 4.86. The van der Waals surface area contributed by atoms with Crippen molar-refractivity contribution in [1.82, 2.24) is 0 Å². The van der Waals surface area contributed by atoms with Gasteiger partial charge in [0.15, 0.2) is 0 Å². The van der Waals surface area contributed by atoms with Crippen LogP contribution >= 0.6 is 0 Å². The van der Waals surface area contributed by atoms with Crippen molar-refractivity contribution in [1.29, 1.82) is 0 Å². The molecule has 2 atom stereocenters. The molecule has 0 aromatic carbocycles. The summed E-state index contributed by atoms with van der Waals surface area (Å²) in [5.74, 6) is -0.261. The molecule has 0 aliphatic carbocycles.